The molecule has 4 N–H and O–H groups in total. The number of nitrogens with one attached hydrogen (secondary N) is 1. The van der Waals surface area contributed by atoms with Crippen molar-refractivity contribution >= 4 is 23.6 Å². The molecule has 0 unspecified atom stereocenters. The van der Waals surface area contributed by atoms with E-state index in [1.54, 1.807) is 12.1 Å². The predicted octanol–water partition coefficient (Wildman–Crippen LogP) is 0.0409. The molecule has 7 heteroatoms. The Morgan fingerprint density at radius 1 is 1.59 bits per heavy atom. The zero-order valence-electron chi connectivity index (χ0n) is 9.09. The molecule has 0 aliphatic rings. The van der Waals surface area contributed by atoms with Gasteiger partial charge in [0.25, 0.3) is 0 Å². The number of rotatable bonds is 7. The highest BCUT2D eigenvalue weighted by Gasteiger charge is 2.12. The Labute approximate surface area is 103 Å². The smallest absolute Gasteiger partial charge is 0.321 e. The van der Waals surface area contributed by atoms with Crippen LogP contribution in [0.25, 0.3) is 0 Å². The first-order valence-electron chi connectivity index (χ1n) is 4.95. The van der Waals surface area contributed by atoms with Gasteiger partial charge in [-0.15, -0.1) is 11.8 Å². The van der Waals surface area contributed by atoms with Crippen molar-refractivity contribution in [2.75, 3.05) is 11.5 Å². The number of hydrogen-bond donors (Lipinski definition) is 3. The van der Waals surface area contributed by atoms with Gasteiger partial charge in [-0.05, 0) is 12.1 Å². The normalized spacial score (nSPS) is 12.1. The topological polar surface area (TPSA) is 106 Å². The van der Waals surface area contributed by atoms with E-state index in [2.05, 4.69) is 5.32 Å². The third-order valence-electron chi connectivity index (χ3n) is 1.89. The molecular formula is C10H14N2O4S. The average Bonchev–Trinajstić information content (AvgIpc) is 2.78. The van der Waals surface area contributed by atoms with Crippen molar-refractivity contribution in [1.82, 2.24) is 5.32 Å². The molecule has 1 aromatic heterocycles. The van der Waals surface area contributed by atoms with Crippen molar-refractivity contribution in [3.05, 3.63) is 24.2 Å². The summed E-state index contributed by atoms with van der Waals surface area (Å²) in [5.41, 5.74) is 5.29. The summed E-state index contributed by atoms with van der Waals surface area (Å²) in [5.74, 6) is -0.173. The lowest BCUT2D eigenvalue weighted by atomic mass is 10.4. The predicted molar refractivity (Wildman–Crippen MR) is 63.5 cm³/mol. The van der Waals surface area contributed by atoms with E-state index in [1.807, 2.05) is 0 Å². The van der Waals surface area contributed by atoms with Crippen molar-refractivity contribution in [2.24, 2.45) is 5.73 Å². The SMILES string of the molecule is N[C@H](CSCC(=O)NCc1ccco1)C(=O)O. The van der Waals surface area contributed by atoms with Gasteiger partial charge in [0.2, 0.25) is 5.91 Å². The van der Waals surface area contributed by atoms with Gasteiger partial charge in [0, 0.05) is 5.75 Å². The Kier molecular flexibility index (Phi) is 5.58. The number of carbonyl (C=O) groups excluding carboxylic acids is 1. The second-order valence-electron chi connectivity index (χ2n) is 3.32. The fraction of sp³-hybridized carbons (Fsp3) is 0.400. The van der Waals surface area contributed by atoms with E-state index in [1.165, 1.54) is 18.0 Å². The lowest BCUT2D eigenvalue weighted by molar-refractivity contribution is -0.138. The third-order valence-corrected chi connectivity index (χ3v) is 2.95. The van der Waals surface area contributed by atoms with E-state index in [-0.39, 0.29) is 17.4 Å². The molecule has 0 saturated carbocycles. The van der Waals surface area contributed by atoms with Crippen molar-refractivity contribution in [3.8, 4) is 0 Å². The number of thioether (sulfide) groups is 1. The number of carboxylic acid groups (broad SMARTS) is 1. The van der Waals surface area contributed by atoms with Gasteiger partial charge in [0.15, 0.2) is 0 Å². The van der Waals surface area contributed by atoms with Crippen LogP contribution in [0.5, 0.6) is 0 Å². The Bertz CT molecular complexity index is 366. The minimum atomic E-state index is -1.06. The minimum absolute atomic E-state index is 0.177. The molecule has 0 fully saturated rings. The number of carbonyl (C=O) groups is 2. The van der Waals surface area contributed by atoms with Crippen LogP contribution in [0.4, 0.5) is 0 Å². The summed E-state index contributed by atoms with van der Waals surface area (Å²) in [7, 11) is 0. The Morgan fingerprint density at radius 3 is 2.94 bits per heavy atom. The van der Waals surface area contributed by atoms with Gasteiger partial charge in [0.1, 0.15) is 11.8 Å². The molecule has 1 amide bonds. The molecule has 1 atom stereocenters. The molecular weight excluding hydrogens is 244 g/mol. The first kappa shape index (κ1) is 13.6. The second kappa shape index (κ2) is 6.97. The first-order valence-corrected chi connectivity index (χ1v) is 6.10. The molecule has 0 aliphatic carbocycles. The number of furan rings is 1. The molecule has 6 nitrogen and oxygen atoms in total. The third kappa shape index (κ3) is 5.41. The van der Waals surface area contributed by atoms with Crippen LogP contribution in [0, 0.1) is 0 Å². The molecule has 1 aromatic rings. The van der Waals surface area contributed by atoms with Gasteiger partial charge in [-0.3, -0.25) is 9.59 Å². The van der Waals surface area contributed by atoms with E-state index in [4.69, 9.17) is 15.3 Å². The molecule has 17 heavy (non-hydrogen) atoms. The molecule has 0 spiro atoms. The lowest BCUT2D eigenvalue weighted by Gasteiger charge is -2.06. The van der Waals surface area contributed by atoms with Crippen molar-refractivity contribution < 1.29 is 19.1 Å². The highest BCUT2D eigenvalue weighted by molar-refractivity contribution is 8.00. The number of carboxylic acids is 1. The summed E-state index contributed by atoms with van der Waals surface area (Å²) in [6.07, 6.45) is 1.53. The summed E-state index contributed by atoms with van der Waals surface area (Å²) in [6, 6.07) is 2.56. The second-order valence-corrected chi connectivity index (χ2v) is 4.35. The summed E-state index contributed by atoms with van der Waals surface area (Å²) in [4.78, 5) is 21.7. The van der Waals surface area contributed by atoms with Crippen LogP contribution in [0.1, 0.15) is 5.76 Å². The van der Waals surface area contributed by atoms with Gasteiger partial charge in [-0.25, -0.2) is 0 Å². The molecule has 0 aliphatic heterocycles. The Hall–Kier alpha value is -1.47. The van der Waals surface area contributed by atoms with E-state index in [0.717, 1.165) is 0 Å². The standard InChI is InChI=1S/C10H14N2O4S/c11-8(10(14)15)5-17-6-9(13)12-4-7-2-1-3-16-7/h1-3,8H,4-6,11H2,(H,12,13)(H,14,15)/t8-/m1/s1. The summed E-state index contributed by atoms with van der Waals surface area (Å²) in [5, 5.41) is 11.2. The van der Waals surface area contributed by atoms with Gasteiger partial charge in [-0.1, -0.05) is 0 Å². The number of aliphatic carboxylic acids is 1. The Balaban J connectivity index is 2.11. The number of hydrogen-bond acceptors (Lipinski definition) is 5. The fourth-order valence-electron chi connectivity index (χ4n) is 1.000. The molecule has 94 valence electrons. The molecule has 0 saturated heterocycles. The number of amides is 1. The van der Waals surface area contributed by atoms with Crippen molar-refractivity contribution in [2.45, 2.75) is 12.6 Å². The van der Waals surface area contributed by atoms with Crippen molar-refractivity contribution in [3.63, 3.8) is 0 Å². The monoisotopic (exact) mass is 258 g/mol. The summed E-state index contributed by atoms with van der Waals surface area (Å²) in [6.45, 7) is 0.331. The lowest BCUT2D eigenvalue weighted by Crippen LogP contribution is -2.33. The van der Waals surface area contributed by atoms with Gasteiger partial charge in [0.05, 0.1) is 18.6 Å². The van der Waals surface area contributed by atoms with Crippen molar-refractivity contribution in [1.29, 1.82) is 0 Å². The molecule has 1 heterocycles. The first-order chi connectivity index (χ1) is 8.09. The fourth-order valence-corrected chi connectivity index (χ4v) is 1.80. The highest BCUT2D eigenvalue weighted by Crippen LogP contribution is 2.03. The molecule has 0 aromatic carbocycles. The zero-order valence-corrected chi connectivity index (χ0v) is 9.90. The zero-order chi connectivity index (χ0) is 12.7. The number of nitrogens with two attached hydrogens (primary N) is 1. The van der Waals surface area contributed by atoms with Crippen LogP contribution < -0.4 is 11.1 Å². The highest BCUT2D eigenvalue weighted by atomic mass is 32.2. The molecule has 1 rings (SSSR count). The van der Waals surface area contributed by atoms with Crippen LogP contribution in [0.15, 0.2) is 22.8 Å². The van der Waals surface area contributed by atoms with E-state index in [9.17, 15) is 9.59 Å². The minimum Gasteiger partial charge on any atom is -0.480 e. The van der Waals surface area contributed by atoms with Crippen LogP contribution in [0.3, 0.4) is 0 Å². The molecule has 0 bridgehead atoms. The summed E-state index contributed by atoms with van der Waals surface area (Å²) >= 11 is 1.19. The van der Waals surface area contributed by atoms with Crippen LogP contribution in [-0.4, -0.2) is 34.5 Å². The van der Waals surface area contributed by atoms with Crippen LogP contribution in [0.2, 0.25) is 0 Å². The maximum Gasteiger partial charge on any atom is 0.321 e. The van der Waals surface area contributed by atoms with E-state index >= 15 is 0 Å². The quantitative estimate of drug-likeness (QED) is 0.637. The molecule has 0 radical (unpaired) electrons. The van der Waals surface area contributed by atoms with E-state index in [0.29, 0.717) is 12.3 Å². The maximum absolute atomic E-state index is 11.3. The summed E-state index contributed by atoms with van der Waals surface area (Å²) < 4.78 is 5.04. The van der Waals surface area contributed by atoms with Crippen LogP contribution in [-0.2, 0) is 16.1 Å². The average molecular weight is 258 g/mol. The largest absolute Gasteiger partial charge is 0.480 e. The van der Waals surface area contributed by atoms with E-state index < -0.39 is 12.0 Å². The van der Waals surface area contributed by atoms with Gasteiger partial charge >= 0.3 is 5.97 Å². The van der Waals surface area contributed by atoms with Gasteiger partial charge in [-0.2, -0.15) is 0 Å². The Morgan fingerprint density at radius 2 is 2.35 bits per heavy atom. The van der Waals surface area contributed by atoms with Crippen LogP contribution >= 0.6 is 11.8 Å². The maximum atomic E-state index is 11.3. The van der Waals surface area contributed by atoms with Gasteiger partial charge < -0.3 is 20.6 Å².